The van der Waals surface area contributed by atoms with Crippen LogP contribution < -0.4 is 5.32 Å². The number of rotatable bonds is 5. The van der Waals surface area contributed by atoms with Crippen molar-refractivity contribution in [2.45, 2.75) is 31.8 Å². The minimum absolute atomic E-state index is 0.00667. The molecule has 2 atom stereocenters. The summed E-state index contributed by atoms with van der Waals surface area (Å²) >= 11 is 12.3. The number of hydrogen-bond acceptors (Lipinski definition) is 3. The van der Waals surface area contributed by atoms with Crippen LogP contribution in [0.25, 0.3) is 0 Å². The van der Waals surface area contributed by atoms with Crippen LogP contribution in [-0.2, 0) is 11.2 Å². The molecule has 1 saturated heterocycles. The molecular weight excluding hydrogens is 388 g/mol. The van der Waals surface area contributed by atoms with Gasteiger partial charge in [-0.1, -0.05) is 29.3 Å². The van der Waals surface area contributed by atoms with Crippen LogP contribution in [0.1, 0.15) is 24.5 Å². The second-order valence-electron chi connectivity index (χ2n) is 6.41. The summed E-state index contributed by atoms with van der Waals surface area (Å²) in [5, 5.41) is 13.0. The fourth-order valence-electron chi connectivity index (χ4n) is 3.50. The van der Waals surface area contributed by atoms with E-state index in [2.05, 4.69) is 5.32 Å². The fraction of sp³-hybridized carbons (Fsp3) is 0.300. The standard InChI is InChI=1S/C20H18Cl2FN3O/c1-2-26-19(9-14-15(21)4-3-5-17(14)23)18(10-20(26)27)25-13-7-6-12(11-24)16(22)8-13/h3-8,18-19,25H,2,9-10H2,1H3/t18-,19?/m0/s1. The van der Waals surface area contributed by atoms with E-state index in [0.717, 1.165) is 0 Å². The molecule has 2 aromatic rings. The first kappa shape index (κ1) is 19.5. The maximum atomic E-state index is 14.3. The second kappa shape index (κ2) is 8.16. The van der Waals surface area contributed by atoms with Crippen LogP contribution in [0.2, 0.25) is 10.0 Å². The lowest BCUT2D eigenvalue weighted by Gasteiger charge is -2.29. The molecule has 0 spiro atoms. The van der Waals surface area contributed by atoms with Crippen molar-refractivity contribution in [3.63, 3.8) is 0 Å². The molecule has 0 aliphatic carbocycles. The van der Waals surface area contributed by atoms with Gasteiger partial charge in [-0.3, -0.25) is 4.79 Å². The van der Waals surface area contributed by atoms with Crippen LogP contribution in [0, 0.1) is 17.1 Å². The first-order valence-electron chi connectivity index (χ1n) is 8.63. The van der Waals surface area contributed by atoms with Crippen molar-refractivity contribution in [1.82, 2.24) is 4.90 Å². The van der Waals surface area contributed by atoms with Crippen LogP contribution in [0.3, 0.4) is 0 Å². The zero-order valence-corrected chi connectivity index (χ0v) is 16.2. The van der Waals surface area contributed by atoms with E-state index in [4.69, 9.17) is 28.5 Å². The van der Waals surface area contributed by atoms with Crippen molar-refractivity contribution in [2.75, 3.05) is 11.9 Å². The zero-order chi connectivity index (χ0) is 19.6. The number of amides is 1. The SMILES string of the molecule is CCN1C(=O)C[C@H](Nc2ccc(C#N)c(Cl)c2)C1Cc1c(F)cccc1Cl. The van der Waals surface area contributed by atoms with E-state index in [1.807, 2.05) is 13.0 Å². The van der Waals surface area contributed by atoms with E-state index in [1.54, 1.807) is 35.2 Å². The van der Waals surface area contributed by atoms with Crippen LogP contribution >= 0.6 is 23.2 Å². The van der Waals surface area contributed by atoms with Gasteiger partial charge in [-0.25, -0.2) is 4.39 Å². The molecule has 1 aliphatic rings. The molecule has 1 fully saturated rings. The fourth-order valence-corrected chi connectivity index (χ4v) is 3.96. The molecule has 1 aliphatic heterocycles. The highest BCUT2D eigenvalue weighted by Gasteiger charge is 2.39. The first-order chi connectivity index (χ1) is 12.9. The van der Waals surface area contributed by atoms with Gasteiger partial charge in [0.25, 0.3) is 0 Å². The van der Waals surface area contributed by atoms with Crippen LogP contribution in [-0.4, -0.2) is 29.4 Å². The van der Waals surface area contributed by atoms with Crippen molar-refractivity contribution in [3.05, 3.63) is 63.4 Å². The number of nitriles is 1. The normalized spacial score (nSPS) is 19.2. The van der Waals surface area contributed by atoms with Gasteiger partial charge in [-0.2, -0.15) is 5.26 Å². The number of carbonyl (C=O) groups is 1. The van der Waals surface area contributed by atoms with E-state index in [1.165, 1.54) is 6.07 Å². The Morgan fingerprint density at radius 3 is 2.70 bits per heavy atom. The van der Waals surface area contributed by atoms with Crippen molar-refractivity contribution >= 4 is 34.8 Å². The lowest BCUT2D eigenvalue weighted by molar-refractivity contribution is -0.128. The van der Waals surface area contributed by atoms with Gasteiger partial charge in [0.2, 0.25) is 5.91 Å². The molecule has 0 aromatic heterocycles. The Morgan fingerprint density at radius 1 is 1.30 bits per heavy atom. The molecule has 7 heteroatoms. The van der Waals surface area contributed by atoms with Gasteiger partial charge < -0.3 is 10.2 Å². The van der Waals surface area contributed by atoms with Gasteiger partial charge in [0.05, 0.1) is 22.7 Å². The van der Waals surface area contributed by atoms with Gasteiger partial charge in [0.15, 0.2) is 0 Å². The third-order valence-electron chi connectivity index (χ3n) is 4.84. The summed E-state index contributed by atoms with van der Waals surface area (Å²) in [6.07, 6.45) is 0.606. The predicted octanol–water partition coefficient (Wildman–Crippen LogP) is 4.65. The summed E-state index contributed by atoms with van der Waals surface area (Å²) in [4.78, 5) is 14.2. The van der Waals surface area contributed by atoms with Crippen molar-refractivity contribution in [2.24, 2.45) is 0 Å². The Morgan fingerprint density at radius 2 is 2.07 bits per heavy atom. The topological polar surface area (TPSA) is 56.1 Å². The number of likely N-dealkylation sites (N-methyl/N-ethyl adjacent to an activating group) is 1. The second-order valence-corrected chi connectivity index (χ2v) is 7.23. The van der Waals surface area contributed by atoms with E-state index in [-0.39, 0.29) is 23.8 Å². The summed E-state index contributed by atoms with van der Waals surface area (Å²) in [6.45, 7) is 2.43. The maximum absolute atomic E-state index is 14.3. The summed E-state index contributed by atoms with van der Waals surface area (Å²) in [5.74, 6) is -0.370. The Labute approximate surface area is 167 Å². The Bertz CT molecular complexity index is 892. The largest absolute Gasteiger partial charge is 0.380 e. The van der Waals surface area contributed by atoms with E-state index >= 15 is 0 Å². The van der Waals surface area contributed by atoms with Crippen LogP contribution in [0.15, 0.2) is 36.4 Å². The predicted molar refractivity (Wildman–Crippen MR) is 104 cm³/mol. The number of hydrogen-bond donors (Lipinski definition) is 1. The highest BCUT2D eigenvalue weighted by Crippen LogP contribution is 2.30. The van der Waals surface area contributed by atoms with Crippen molar-refractivity contribution in [3.8, 4) is 6.07 Å². The number of halogens is 3. The Kier molecular flexibility index (Phi) is 5.88. The number of benzene rings is 2. The number of nitrogens with one attached hydrogen (secondary N) is 1. The van der Waals surface area contributed by atoms with E-state index in [0.29, 0.717) is 46.2 Å². The molecule has 0 bridgehead atoms. The number of carbonyl (C=O) groups excluding carboxylic acids is 1. The molecule has 0 radical (unpaired) electrons. The summed E-state index contributed by atoms with van der Waals surface area (Å²) < 4.78 is 14.3. The van der Waals surface area contributed by atoms with E-state index < -0.39 is 0 Å². The maximum Gasteiger partial charge on any atom is 0.225 e. The molecule has 27 heavy (non-hydrogen) atoms. The van der Waals surface area contributed by atoms with E-state index in [9.17, 15) is 9.18 Å². The van der Waals surface area contributed by atoms with Crippen LogP contribution in [0.4, 0.5) is 10.1 Å². The van der Waals surface area contributed by atoms with Gasteiger partial charge in [-0.05, 0) is 43.7 Å². The average Bonchev–Trinajstić information content (AvgIpc) is 2.92. The summed E-state index contributed by atoms with van der Waals surface area (Å²) in [5.41, 5.74) is 1.50. The van der Waals surface area contributed by atoms with Crippen LogP contribution in [0.5, 0.6) is 0 Å². The molecule has 0 saturated carbocycles. The number of likely N-dealkylation sites (tertiary alicyclic amines) is 1. The Hall–Kier alpha value is -2.29. The first-order valence-corrected chi connectivity index (χ1v) is 9.38. The monoisotopic (exact) mass is 405 g/mol. The molecule has 2 aromatic carbocycles. The molecule has 1 N–H and O–H groups in total. The summed E-state index contributed by atoms with van der Waals surface area (Å²) in [7, 11) is 0. The third kappa shape index (κ3) is 4.02. The smallest absolute Gasteiger partial charge is 0.225 e. The molecular formula is C20H18Cl2FN3O. The number of anilines is 1. The van der Waals surface area contributed by atoms with Gasteiger partial charge in [0, 0.05) is 29.2 Å². The third-order valence-corrected chi connectivity index (χ3v) is 5.50. The minimum atomic E-state index is -0.377. The van der Waals surface area contributed by atoms with Gasteiger partial charge in [0.1, 0.15) is 11.9 Å². The Balaban J connectivity index is 1.88. The molecule has 1 unspecified atom stereocenters. The quantitative estimate of drug-likeness (QED) is 0.787. The molecule has 1 amide bonds. The molecule has 3 rings (SSSR count). The molecule has 1 heterocycles. The zero-order valence-electron chi connectivity index (χ0n) is 14.7. The lowest BCUT2D eigenvalue weighted by Crippen LogP contribution is -2.41. The average molecular weight is 406 g/mol. The van der Waals surface area contributed by atoms with Gasteiger partial charge in [-0.15, -0.1) is 0 Å². The van der Waals surface area contributed by atoms with Crippen molar-refractivity contribution < 1.29 is 9.18 Å². The molecule has 4 nitrogen and oxygen atoms in total. The molecule has 140 valence electrons. The summed E-state index contributed by atoms with van der Waals surface area (Å²) in [6, 6.07) is 11.2. The van der Waals surface area contributed by atoms with Crippen molar-refractivity contribution in [1.29, 1.82) is 5.26 Å². The lowest BCUT2D eigenvalue weighted by atomic mass is 9.99. The van der Waals surface area contributed by atoms with Gasteiger partial charge >= 0.3 is 0 Å². The highest BCUT2D eigenvalue weighted by molar-refractivity contribution is 6.32. The minimum Gasteiger partial charge on any atom is -0.380 e. The highest BCUT2D eigenvalue weighted by atomic mass is 35.5. The number of nitrogens with zero attached hydrogens (tertiary/aromatic N) is 2.